The molecular formula is C13H12N2O4. The van der Waals surface area contributed by atoms with Crippen LogP contribution in [0, 0.1) is 13.8 Å². The molecule has 6 heteroatoms. The first-order chi connectivity index (χ1) is 9.00. The molecule has 0 bridgehead atoms. The molecule has 2 rings (SSSR count). The number of amides is 1. The fourth-order valence-corrected chi connectivity index (χ4v) is 1.69. The van der Waals surface area contributed by atoms with Gasteiger partial charge in [0.1, 0.15) is 0 Å². The number of hydrogen-bond donors (Lipinski definition) is 2. The summed E-state index contributed by atoms with van der Waals surface area (Å²) in [5.74, 6) is -1.56. The molecule has 0 saturated heterocycles. The van der Waals surface area contributed by atoms with Crippen molar-refractivity contribution in [1.82, 2.24) is 5.16 Å². The zero-order chi connectivity index (χ0) is 14.0. The molecule has 0 aliphatic carbocycles. The number of nitrogens with zero attached hydrogens (tertiary/aromatic N) is 1. The second kappa shape index (κ2) is 4.93. The van der Waals surface area contributed by atoms with Gasteiger partial charge in [0.15, 0.2) is 0 Å². The van der Waals surface area contributed by atoms with Crippen molar-refractivity contribution in [2.24, 2.45) is 0 Å². The fraction of sp³-hybridized carbons (Fsp3) is 0.154. The molecule has 0 atom stereocenters. The molecule has 2 N–H and O–H groups in total. The summed E-state index contributed by atoms with van der Waals surface area (Å²) >= 11 is 0. The number of benzene rings is 1. The summed E-state index contributed by atoms with van der Waals surface area (Å²) in [7, 11) is 0. The Hall–Kier alpha value is -2.63. The van der Waals surface area contributed by atoms with E-state index in [4.69, 9.17) is 9.63 Å². The van der Waals surface area contributed by atoms with E-state index < -0.39 is 11.9 Å². The number of aromatic nitrogens is 1. The Labute approximate surface area is 109 Å². The van der Waals surface area contributed by atoms with Crippen molar-refractivity contribution in [3.05, 3.63) is 46.8 Å². The molecule has 98 valence electrons. The molecule has 0 aliphatic rings. The van der Waals surface area contributed by atoms with Crippen LogP contribution in [-0.2, 0) is 0 Å². The van der Waals surface area contributed by atoms with Crippen LogP contribution in [0.3, 0.4) is 0 Å². The highest BCUT2D eigenvalue weighted by molar-refractivity contribution is 6.07. The monoisotopic (exact) mass is 260 g/mol. The number of anilines is 1. The highest BCUT2D eigenvalue weighted by atomic mass is 16.5. The molecular weight excluding hydrogens is 248 g/mol. The number of aryl methyl sites for hydroxylation is 2. The lowest BCUT2D eigenvalue weighted by atomic mass is 10.1. The Morgan fingerprint density at radius 1 is 1.26 bits per heavy atom. The minimum Gasteiger partial charge on any atom is -0.478 e. The lowest BCUT2D eigenvalue weighted by Crippen LogP contribution is -2.16. The quantitative estimate of drug-likeness (QED) is 0.882. The van der Waals surface area contributed by atoms with Crippen molar-refractivity contribution in [3.63, 3.8) is 0 Å². The molecule has 0 aliphatic heterocycles. The zero-order valence-electron chi connectivity index (χ0n) is 10.4. The molecule has 6 nitrogen and oxygen atoms in total. The summed E-state index contributed by atoms with van der Waals surface area (Å²) in [5, 5.41) is 15.2. The summed E-state index contributed by atoms with van der Waals surface area (Å²) in [6, 6.07) is 4.77. The lowest BCUT2D eigenvalue weighted by molar-refractivity contribution is 0.0698. The maximum atomic E-state index is 12.0. The van der Waals surface area contributed by atoms with Crippen LogP contribution in [0.25, 0.3) is 0 Å². The summed E-state index contributed by atoms with van der Waals surface area (Å²) in [5.41, 5.74) is 1.54. The Morgan fingerprint density at radius 3 is 2.58 bits per heavy atom. The van der Waals surface area contributed by atoms with Gasteiger partial charge in [0.25, 0.3) is 5.91 Å². The van der Waals surface area contributed by atoms with E-state index in [0.29, 0.717) is 11.1 Å². The lowest BCUT2D eigenvalue weighted by Gasteiger charge is -2.10. The molecule has 19 heavy (non-hydrogen) atoms. The van der Waals surface area contributed by atoms with Crippen molar-refractivity contribution in [2.75, 3.05) is 5.32 Å². The predicted octanol–water partition coefficient (Wildman–Crippen LogP) is 2.24. The van der Waals surface area contributed by atoms with Crippen LogP contribution in [0.2, 0.25) is 0 Å². The molecule has 1 aromatic carbocycles. The van der Waals surface area contributed by atoms with E-state index >= 15 is 0 Å². The van der Waals surface area contributed by atoms with Crippen molar-refractivity contribution >= 4 is 17.6 Å². The smallest absolute Gasteiger partial charge is 0.337 e. The molecule has 1 aromatic heterocycles. The molecule has 0 saturated carbocycles. The average molecular weight is 260 g/mol. The Balaban J connectivity index is 2.36. The number of aromatic carboxylic acids is 1. The maximum absolute atomic E-state index is 12.0. The topological polar surface area (TPSA) is 92.4 Å². The summed E-state index contributed by atoms with van der Waals surface area (Å²) in [6.45, 7) is 3.40. The van der Waals surface area contributed by atoms with Crippen LogP contribution in [-0.4, -0.2) is 22.1 Å². The molecule has 0 radical (unpaired) electrons. The number of carbonyl (C=O) groups is 2. The molecule has 0 spiro atoms. The van der Waals surface area contributed by atoms with Crippen LogP contribution < -0.4 is 5.32 Å². The normalized spacial score (nSPS) is 10.2. The molecule has 0 fully saturated rings. The number of hydrogen-bond acceptors (Lipinski definition) is 4. The number of carbonyl (C=O) groups excluding carboxylic acids is 1. The molecule has 1 amide bonds. The Morgan fingerprint density at radius 2 is 2.00 bits per heavy atom. The standard InChI is InChI=1S/C13H12N2O4/c1-7-4-3-5-9(13(17)18)10(7)15-12(16)11-8(2)6-14-19-11/h3-6H,1-2H3,(H,15,16)(H,17,18). The zero-order valence-corrected chi connectivity index (χ0v) is 10.4. The van der Waals surface area contributed by atoms with Gasteiger partial charge in [0.2, 0.25) is 5.76 Å². The first kappa shape index (κ1) is 12.8. The van der Waals surface area contributed by atoms with E-state index in [9.17, 15) is 9.59 Å². The van der Waals surface area contributed by atoms with Gasteiger partial charge < -0.3 is 14.9 Å². The van der Waals surface area contributed by atoms with E-state index in [-0.39, 0.29) is 17.0 Å². The van der Waals surface area contributed by atoms with E-state index in [1.165, 1.54) is 12.3 Å². The third kappa shape index (κ3) is 2.47. The Bertz CT molecular complexity index is 646. The summed E-state index contributed by atoms with van der Waals surface area (Å²) in [4.78, 5) is 23.1. The third-order valence-electron chi connectivity index (χ3n) is 2.70. The van der Waals surface area contributed by atoms with Crippen LogP contribution in [0.15, 0.2) is 28.9 Å². The Kier molecular flexibility index (Phi) is 3.33. The number of carboxylic acid groups (broad SMARTS) is 1. The largest absolute Gasteiger partial charge is 0.478 e. The minimum atomic E-state index is -1.10. The van der Waals surface area contributed by atoms with Crippen LogP contribution in [0.4, 0.5) is 5.69 Å². The highest BCUT2D eigenvalue weighted by Gasteiger charge is 2.19. The van der Waals surface area contributed by atoms with E-state index in [1.807, 2.05) is 0 Å². The van der Waals surface area contributed by atoms with Crippen molar-refractivity contribution in [3.8, 4) is 0 Å². The van der Waals surface area contributed by atoms with Gasteiger partial charge in [0, 0.05) is 5.56 Å². The fourth-order valence-electron chi connectivity index (χ4n) is 1.69. The molecule has 2 aromatic rings. The number of para-hydroxylation sites is 1. The first-order valence-corrected chi connectivity index (χ1v) is 5.56. The summed E-state index contributed by atoms with van der Waals surface area (Å²) in [6.07, 6.45) is 1.42. The SMILES string of the molecule is Cc1cnoc1C(=O)Nc1c(C)cccc1C(=O)O. The van der Waals surface area contributed by atoms with Gasteiger partial charge in [-0.25, -0.2) is 4.79 Å². The van der Waals surface area contributed by atoms with Gasteiger partial charge in [-0.3, -0.25) is 4.79 Å². The third-order valence-corrected chi connectivity index (χ3v) is 2.70. The second-order valence-electron chi connectivity index (χ2n) is 4.09. The maximum Gasteiger partial charge on any atom is 0.337 e. The molecule has 0 unspecified atom stereocenters. The first-order valence-electron chi connectivity index (χ1n) is 5.56. The second-order valence-corrected chi connectivity index (χ2v) is 4.09. The number of carboxylic acids is 1. The van der Waals surface area contributed by atoms with E-state index in [1.54, 1.807) is 26.0 Å². The van der Waals surface area contributed by atoms with E-state index in [2.05, 4.69) is 10.5 Å². The van der Waals surface area contributed by atoms with Gasteiger partial charge in [-0.2, -0.15) is 0 Å². The van der Waals surface area contributed by atoms with Crippen molar-refractivity contribution in [2.45, 2.75) is 13.8 Å². The van der Waals surface area contributed by atoms with Crippen LogP contribution in [0.1, 0.15) is 32.0 Å². The predicted molar refractivity (Wildman–Crippen MR) is 67.3 cm³/mol. The van der Waals surface area contributed by atoms with Crippen molar-refractivity contribution in [1.29, 1.82) is 0 Å². The van der Waals surface area contributed by atoms with Gasteiger partial charge in [-0.05, 0) is 25.5 Å². The average Bonchev–Trinajstić information content (AvgIpc) is 2.77. The van der Waals surface area contributed by atoms with Gasteiger partial charge in [-0.1, -0.05) is 17.3 Å². The number of rotatable bonds is 3. The van der Waals surface area contributed by atoms with Gasteiger partial charge >= 0.3 is 5.97 Å². The van der Waals surface area contributed by atoms with Crippen LogP contribution >= 0.6 is 0 Å². The van der Waals surface area contributed by atoms with Gasteiger partial charge in [-0.15, -0.1) is 0 Å². The molecule has 1 heterocycles. The van der Waals surface area contributed by atoms with Crippen molar-refractivity contribution < 1.29 is 19.2 Å². The number of nitrogens with one attached hydrogen (secondary N) is 1. The minimum absolute atomic E-state index is 0.0329. The van der Waals surface area contributed by atoms with Gasteiger partial charge in [0.05, 0.1) is 17.4 Å². The highest BCUT2D eigenvalue weighted by Crippen LogP contribution is 2.22. The van der Waals surface area contributed by atoms with Crippen LogP contribution in [0.5, 0.6) is 0 Å². The summed E-state index contributed by atoms with van der Waals surface area (Å²) < 4.78 is 4.83. The van der Waals surface area contributed by atoms with E-state index in [0.717, 1.165) is 0 Å².